The van der Waals surface area contributed by atoms with Crippen molar-refractivity contribution in [3.8, 4) is 0 Å². The highest BCUT2D eigenvalue weighted by Crippen LogP contribution is 2.29. The lowest BCUT2D eigenvalue weighted by Gasteiger charge is -2.10. The van der Waals surface area contributed by atoms with Gasteiger partial charge in [0, 0.05) is 0 Å². The van der Waals surface area contributed by atoms with Crippen LogP contribution in [0.25, 0.3) is 21.5 Å². The summed E-state index contributed by atoms with van der Waals surface area (Å²) in [5.41, 5.74) is 1.33. The second-order valence-electron chi connectivity index (χ2n) is 4.67. The average Bonchev–Trinajstić information content (AvgIpc) is 2.35. The lowest BCUT2D eigenvalue weighted by Crippen LogP contribution is -1.89. The van der Waals surface area contributed by atoms with E-state index in [0.717, 1.165) is 0 Å². The molecule has 1 unspecified atom stereocenters. The van der Waals surface area contributed by atoms with Crippen molar-refractivity contribution in [3.63, 3.8) is 0 Å². The van der Waals surface area contributed by atoms with Crippen LogP contribution in [0.15, 0.2) is 54.6 Å². The minimum atomic E-state index is 0.319. The first-order valence-electron chi connectivity index (χ1n) is 6.00. The van der Waals surface area contributed by atoms with E-state index < -0.39 is 0 Å². The zero-order valence-corrected chi connectivity index (χ0v) is 9.98. The second-order valence-corrected chi connectivity index (χ2v) is 4.67. The van der Waals surface area contributed by atoms with Gasteiger partial charge in [-0.3, -0.25) is 0 Å². The standard InChI is InChI=1S/C17H15/c1-12(2)16-9-5-8-15-10-13-6-3-4-7-14(13)11-17(15)16/h3-12H,1H2,2H3. The van der Waals surface area contributed by atoms with E-state index in [0.29, 0.717) is 5.92 Å². The zero-order valence-electron chi connectivity index (χ0n) is 9.98. The minimum Gasteiger partial charge on any atom is -0.0616 e. The monoisotopic (exact) mass is 219 g/mol. The third kappa shape index (κ3) is 1.70. The summed E-state index contributed by atoms with van der Waals surface area (Å²) in [7, 11) is 0. The first-order chi connectivity index (χ1) is 8.25. The maximum atomic E-state index is 4.14. The summed E-state index contributed by atoms with van der Waals surface area (Å²) in [5.74, 6) is 0.319. The number of fused-ring (bicyclic) bond motifs is 2. The molecule has 3 rings (SSSR count). The van der Waals surface area contributed by atoms with Gasteiger partial charge in [0.2, 0.25) is 0 Å². The van der Waals surface area contributed by atoms with Crippen molar-refractivity contribution in [3.05, 3.63) is 67.1 Å². The van der Waals surface area contributed by atoms with Crippen molar-refractivity contribution in [1.82, 2.24) is 0 Å². The van der Waals surface area contributed by atoms with E-state index in [9.17, 15) is 0 Å². The molecule has 17 heavy (non-hydrogen) atoms. The fourth-order valence-electron chi connectivity index (χ4n) is 2.42. The van der Waals surface area contributed by atoms with Crippen LogP contribution in [0.1, 0.15) is 18.4 Å². The van der Waals surface area contributed by atoms with Gasteiger partial charge >= 0.3 is 0 Å². The fraction of sp³-hybridized carbons (Fsp3) is 0.118. The maximum absolute atomic E-state index is 4.14. The van der Waals surface area contributed by atoms with Crippen LogP contribution in [0.5, 0.6) is 0 Å². The summed E-state index contributed by atoms with van der Waals surface area (Å²) >= 11 is 0. The Hall–Kier alpha value is -1.82. The lowest BCUT2D eigenvalue weighted by atomic mass is 9.94. The molecule has 0 nitrogen and oxygen atoms in total. The van der Waals surface area contributed by atoms with Crippen LogP contribution in [-0.4, -0.2) is 0 Å². The topological polar surface area (TPSA) is 0 Å². The molecule has 0 bridgehead atoms. The molecule has 1 atom stereocenters. The molecule has 0 aliphatic heterocycles. The summed E-state index contributed by atoms with van der Waals surface area (Å²) in [4.78, 5) is 0. The van der Waals surface area contributed by atoms with Gasteiger partial charge in [-0.1, -0.05) is 49.4 Å². The van der Waals surface area contributed by atoms with Crippen LogP contribution < -0.4 is 0 Å². The Labute approximate surface area is 102 Å². The van der Waals surface area contributed by atoms with Gasteiger partial charge in [-0.25, -0.2) is 0 Å². The molecule has 0 saturated carbocycles. The predicted molar refractivity (Wildman–Crippen MR) is 75.2 cm³/mol. The van der Waals surface area contributed by atoms with E-state index in [1.54, 1.807) is 0 Å². The quantitative estimate of drug-likeness (QED) is 0.509. The molecule has 0 heteroatoms. The van der Waals surface area contributed by atoms with E-state index in [4.69, 9.17) is 0 Å². The number of rotatable bonds is 1. The van der Waals surface area contributed by atoms with E-state index in [2.05, 4.69) is 68.4 Å². The van der Waals surface area contributed by atoms with Gasteiger partial charge < -0.3 is 0 Å². The molecule has 3 aromatic carbocycles. The van der Waals surface area contributed by atoms with Gasteiger partial charge in [0.05, 0.1) is 0 Å². The summed E-state index contributed by atoms with van der Waals surface area (Å²) in [5, 5.41) is 5.23. The van der Waals surface area contributed by atoms with E-state index in [-0.39, 0.29) is 0 Å². The van der Waals surface area contributed by atoms with Gasteiger partial charge in [-0.15, -0.1) is 0 Å². The summed E-state index contributed by atoms with van der Waals surface area (Å²) < 4.78 is 0. The first-order valence-corrected chi connectivity index (χ1v) is 6.00. The van der Waals surface area contributed by atoms with E-state index >= 15 is 0 Å². The number of hydrogen-bond donors (Lipinski definition) is 0. The van der Waals surface area contributed by atoms with Crippen LogP contribution in [0.4, 0.5) is 0 Å². The molecule has 83 valence electrons. The normalized spacial score (nSPS) is 11.5. The second kappa shape index (κ2) is 3.89. The third-order valence-electron chi connectivity index (χ3n) is 3.31. The molecular formula is C17H15. The molecule has 0 amide bonds. The van der Waals surface area contributed by atoms with Crippen molar-refractivity contribution in [2.75, 3.05) is 0 Å². The van der Waals surface area contributed by atoms with Gasteiger partial charge in [-0.2, -0.15) is 0 Å². The number of benzene rings is 3. The van der Waals surface area contributed by atoms with Gasteiger partial charge in [0.25, 0.3) is 0 Å². The van der Waals surface area contributed by atoms with Gasteiger partial charge in [0.15, 0.2) is 0 Å². The highest BCUT2D eigenvalue weighted by molar-refractivity contribution is 5.99. The Morgan fingerprint density at radius 3 is 2.18 bits per heavy atom. The Bertz CT molecular complexity index is 678. The van der Waals surface area contributed by atoms with Crippen molar-refractivity contribution >= 4 is 21.5 Å². The third-order valence-corrected chi connectivity index (χ3v) is 3.31. The van der Waals surface area contributed by atoms with Gasteiger partial charge in [0.1, 0.15) is 0 Å². The van der Waals surface area contributed by atoms with Crippen LogP contribution in [0.2, 0.25) is 0 Å². The lowest BCUT2D eigenvalue weighted by molar-refractivity contribution is 0.977. The molecule has 0 heterocycles. The summed E-state index contributed by atoms with van der Waals surface area (Å²) in [6, 6.07) is 19.5. The van der Waals surface area contributed by atoms with Crippen LogP contribution >= 0.6 is 0 Å². The highest BCUT2D eigenvalue weighted by Gasteiger charge is 2.05. The minimum absolute atomic E-state index is 0.319. The largest absolute Gasteiger partial charge is 0.0616 e. The average molecular weight is 219 g/mol. The summed E-state index contributed by atoms with van der Waals surface area (Å²) in [6.45, 7) is 6.28. The fourth-order valence-corrected chi connectivity index (χ4v) is 2.42. The molecular weight excluding hydrogens is 204 g/mol. The zero-order chi connectivity index (χ0) is 11.8. The Morgan fingerprint density at radius 1 is 0.824 bits per heavy atom. The molecule has 0 aliphatic rings. The van der Waals surface area contributed by atoms with Crippen molar-refractivity contribution in [2.24, 2.45) is 0 Å². The highest BCUT2D eigenvalue weighted by atomic mass is 14.1. The van der Waals surface area contributed by atoms with Crippen molar-refractivity contribution < 1.29 is 0 Å². The van der Waals surface area contributed by atoms with Crippen LogP contribution in [-0.2, 0) is 0 Å². The Morgan fingerprint density at radius 2 is 1.47 bits per heavy atom. The predicted octanol–water partition coefficient (Wildman–Crippen LogP) is 4.93. The molecule has 0 N–H and O–H groups in total. The van der Waals surface area contributed by atoms with Crippen LogP contribution in [0.3, 0.4) is 0 Å². The van der Waals surface area contributed by atoms with Gasteiger partial charge in [-0.05, 0) is 52.1 Å². The SMILES string of the molecule is [CH2]C(C)c1cccc2cc3ccccc3cc12. The first kappa shape index (κ1) is 10.3. The molecule has 0 saturated heterocycles. The molecule has 0 aliphatic carbocycles. The van der Waals surface area contributed by atoms with Crippen molar-refractivity contribution in [2.45, 2.75) is 12.8 Å². The number of hydrogen-bond acceptors (Lipinski definition) is 0. The molecule has 3 aromatic rings. The molecule has 0 aromatic heterocycles. The van der Waals surface area contributed by atoms with E-state index in [1.807, 2.05) is 0 Å². The molecule has 0 spiro atoms. The van der Waals surface area contributed by atoms with Crippen LogP contribution in [0, 0.1) is 6.92 Å². The van der Waals surface area contributed by atoms with Crippen molar-refractivity contribution in [1.29, 1.82) is 0 Å². The molecule has 0 fully saturated rings. The van der Waals surface area contributed by atoms with E-state index in [1.165, 1.54) is 27.1 Å². The Kier molecular flexibility index (Phi) is 2.36. The molecule has 1 radical (unpaired) electrons. The maximum Gasteiger partial charge on any atom is -0.0143 e. The smallest absolute Gasteiger partial charge is 0.0143 e. The Balaban J connectivity index is 2.43. The summed E-state index contributed by atoms with van der Waals surface area (Å²) in [6.07, 6.45) is 0.